The van der Waals surface area contributed by atoms with Crippen LogP contribution in [0.15, 0.2) is 24.3 Å². The summed E-state index contributed by atoms with van der Waals surface area (Å²) in [6.45, 7) is 7.01. The second-order valence-corrected chi connectivity index (χ2v) is 5.07. The van der Waals surface area contributed by atoms with Gasteiger partial charge in [-0.1, -0.05) is 18.2 Å². The number of morpholine rings is 1. The van der Waals surface area contributed by atoms with Crippen LogP contribution in [0.4, 0.5) is 0 Å². The lowest BCUT2D eigenvalue weighted by Crippen LogP contribution is -2.44. The molecule has 0 bridgehead atoms. The molecule has 18 heavy (non-hydrogen) atoms. The summed E-state index contributed by atoms with van der Waals surface area (Å²) in [5.41, 5.74) is 7.50. The molecule has 0 aromatic heterocycles. The fourth-order valence-corrected chi connectivity index (χ4v) is 2.51. The number of hydrogen-bond acceptors (Lipinski definition) is 3. The molecular formula is C14H21N3O. The molecule has 1 aliphatic heterocycles. The van der Waals surface area contributed by atoms with E-state index in [2.05, 4.69) is 24.8 Å². The largest absolute Gasteiger partial charge is 0.384 e. The van der Waals surface area contributed by atoms with E-state index in [9.17, 15) is 0 Å². The molecule has 0 amide bonds. The van der Waals surface area contributed by atoms with Crippen LogP contribution in [0.25, 0.3) is 0 Å². The van der Waals surface area contributed by atoms with E-state index in [0.717, 1.165) is 25.2 Å². The summed E-state index contributed by atoms with van der Waals surface area (Å²) in [5.74, 6) is 0.126. The van der Waals surface area contributed by atoms with Crippen molar-refractivity contribution in [1.29, 1.82) is 5.41 Å². The Morgan fingerprint density at radius 2 is 2.06 bits per heavy atom. The van der Waals surface area contributed by atoms with Crippen LogP contribution in [0, 0.1) is 5.41 Å². The molecule has 4 heteroatoms. The normalized spacial score (nSPS) is 25.0. The van der Waals surface area contributed by atoms with Crippen LogP contribution in [0.3, 0.4) is 0 Å². The van der Waals surface area contributed by atoms with Crippen LogP contribution in [0.1, 0.15) is 25.0 Å². The predicted molar refractivity (Wildman–Crippen MR) is 72.7 cm³/mol. The second kappa shape index (κ2) is 5.50. The third kappa shape index (κ3) is 3.31. The number of nitrogen functional groups attached to an aromatic ring is 1. The number of amidine groups is 1. The van der Waals surface area contributed by atoms with Crippen LogP contribution in [0.2, 0.25) is 0 Å². The van der Waals surface area contributed by atoms with Crippen LogP contribution in [-0.4, -0.2) is 36.0 Å². The molecule has 0 radical (unpaired) electrons. The van der Waals surface area contributed by atoms with Crippen molar-refractivity contribution >= 4 is 5.84 Å². The number of nitrogens with one attached hydrogen (secondary N) is 1. The Hall–Kier alpha value is -1.39. The first-order chi connectivity index (χ1) is 8.54. The minimum atomic E-state index is 0.126. The van der Waals surface area contributed by atoms with Gasteiger partial charge in [-0.2, -0.15) is 0 Å². The van der Waals surface area contributed by atoms with Gasteiger partial charge in [-0.25, -0.2) is 0 Å². The van der Waals surface area contributed by atoms with Gasteiger partial charge in [0.2, 0.25) is 0 Å². The van der Waals surface area contributed by atoms with Gasteiger partial charge in [0.25, 0.3) is 0 Å². The quantitative estimate of drug-likeness (QED) is 0.629. The van der Waals surface area contributed by atoms with Gasteiger partial charge in [0.05, 0.1) is 12.2 Å². The number of rotatable bonds is 3. The molecule has 2 rings (SSSR count). The number of ether oxygens (including phenoxy) is 1. The average molecular weight is 247 g/mol. The maximum absolute atomic E-state index is 7.46. The lowest BCUT2D eigenvalue weighted by Gasteiger charge is -2.35. The first-order valence-corrected chi connectivity index (χ1v) is 6.35. The van der Waals surface area contributed by atoms with Gasteiger partial charge in [-0.3, -0.25) is 10.3 Å². The molecule has 2 atom stereocenters. The zero-order chi connectivity index (χ0) is 13.1. The van der Waals surface area contributed by atoms with Crippen LogP contribution >= 0.6 is 0 Å². The van der Waals surface area contributed by atoms with Crippen molar-refractivity contribution in [2.24, 2.45) is 5.73 Å². The van der Waals surface area contributed by atoms with Gasteiger partial charge in [0.15, 0.2) is 0 Å². The Morgan fingerprint density at radius 1 is 1.39 bits per heavy atom. The summed E-state index contributed by atoms with van der Waals surface area (Å²) >= 11 is 0. The molecular weight excluding hydrogens is 226 g/mol. The van der Waals surface area contributed by atoms with Gasteiger partial charge in [-0.05, 0) is 25.5 Å². The van der Waals surface area contributed by atoms with E-state index in [0.29, 0.717) is 0 Å². The standard InChI is InChI=1S/C14H21N3O/c1-10-7-17(8-11(2)18-10)9-12-4-3-5-13(6-12)14(15)16/h3-6,10-11H,7-9H2,1-2H3,(H3,15,16)/t10-,11+. The topological polar surface area (TPSA) is 62.3 Å². The van der Waals surface area contributed by atoms with E-state index >= 15 is 0 Å². The van der Waals surface area contributed by atoms with Crippen molar-refractivity contribution < 1.29 is 4.74 Å². The summed E-state index contributed by atoms with van der Waals surface area (Å²) in [6, 6.07) is 7.90. The SMILES string of the molecule is C[C@@H]1CN(Cc2cccc(C(=N)N)c2)C[C@H](C)O1. The third-order valence-corrected chi connectivity index (χ3v) is 3.14. The Kier molecular flexibility index (Phi) is 3.99. The summed E-state index contributed by atoms with van der Waals surface area (Å²) in [4.78, 5) is 2.39. The van der Waals surface area contributed by atoms with Crippen molar-refractivity contribution in [2.45, 2.75) is 32.6 Å². The van der Waals surface area contributed by atoms with E-state index in [1.54, 1.807) is 0 Å². The molecule has 1 aromatic carbocycles. The van der Waals surface area contributed by atoms with Crippen LogP contribution in [-0.2, 0) is 11.3 Å². The molecule has 0 unspecified atom stereocenters. The van der Waals surface area contributed by atoms with Crippen molar-refractivity contribution in [3.63, 3.8) is 0 Å². The molecule has 0 aliphatic carbocycles. The van der Waals surface area contributed by atoms with Crippen LogP contribution in [0.5, 0.6) is 0 Å². The highest BCUT2D eigenvalue weighted by molar-refractivity contribution is 5.95. The predicted octanol–water partition coefficient (Wildman–Crippen LogP) is 1.58. The third-order valence-electron chi connectivity index (χ3n) is 3.14. The summed E-state index contributed by atoms with van der Waals surface area (Å²) in [6.07, 6.45) is 0.564. The second-order valence-electron chi connectivity index (χ2n) is 5.07. The van der Waals surface area contributed by atoms with Gasteiger partial charge in [0.1, 0.15) is 5.84 Å². The van der Waals surface area contributed by atoms with Crippen molar-refractivity contribution in [3.8, 4) is 0 Å². The molecule has 1 fully saturated rings. The van der Waals surface area contributed by atoms with Crippen molar-refractivity contribution in [1.82, 2.24) is 4.90 Å². The average Bonchev–Trinajstić information content (AvgIpc) is 2.27. The Morgan fingerprint density at radius 3 is 2.67 bits per heavy atom. The Labute approximate surface area is 108 Å². The number of nitrogens with zero attached hydrogens (tertiary/aromatic N) is 1. The molecule has 0 spiro atoms. The minimum absolute atomic E-state index is 0.126. The number of benzene rings is 1. The maximum Gasteiger partial charge on any atom is 0.122 e. The molecule has 4 nitrogen and oxygen atoms in total. The molecule has 1 heterocycles. The Balaban J connectivity index is 2.04. The lowest BCUT2D eigenvalue weighted by atomic mass is 10.1. The zero-order valence-electron chi connectivity index (χ0n) is 11.0. The monoisotopic (exact) mass is 247 g/mol. The first-order valence-electron chi connectivity index (χ1n) is 6.35. The Bertz CT molecular complexity index is 423. The van der Waals surface area contributed by atoms with Gasteiger partial charge < -0.3 is 10.5 Å². The van der Waals surface area contributed by atoms with E-state index in [4.69, 9.17) is 15.9 Å². The van der Waals surface area contributed by atoms with E-state index < -0.39 is 0 Å². The highest BCUT2D eigenvalue weighted by Gasteiger charge is 2.21. The van der Waals surface area contributed by atoms with Crippen molar-refractivity contribution in [3.05, 3.63) is 35.4 Å². The zero-order valence-corrected chi connectivity index (χ0v) is 11.0. The highest BCUT2D eigenvalue weighted by Crippen LogP contribution is 2.14. The highest BCUT2D eigenvalue weighted by atomic mass is 16.5. The number of hydrogen-bond donors (Lipinski definition) is 2. The lowest BCUT2D eigenvalue weighted by molar-refractivity contribution is -0.0704. The molecule has 1 saturated heterocycles. The van der Waals surface area contributed by atoms with Gasteiger partial charge in [0, 0.05) is 25.2 Å². The molecule has 98 valence electrons. The maximum atomic E-state index is 7.46. The van der Waals surface area contributed by atoms with E-state index in [1.807, 2.05) is 18.2 Å². The molecule has 1 aromatic rings. The smallest absolute Gasteiger partial charge is 0.122 e. The van der Waals surface area contributed by atoms with Crippen LogP contribution < -0.4 is 5.73 Å². The minimum Gasteiger partial charge on any atom is -0.384 e. The summed E-state index contributed by atoms with van der Waals surface area (Å²) in [5, 5.41) is 7.46. The van der Waals surface area contributed by atoms with E-state index in [1.165, 1.54) is 5.56 Å². The summed E-state index contributed by atoms with van der Waals surface area (Å²) in [7, 11) is 0. The fraction of sp³-hybridized carbons (Fsp3) is 0.500. The fourth-order valence-electron chi connectivity index (χ4n) is 2.51. The molecule has 0 saturated carbocycles. The van der Waals surface area contributed by atoms with Gasteiger partial charge >= 0.3 is 0 Å². The first kappa shape index (κ1) is 13.1. The number of nitrogens with two attached hydrogens (primary N) is 1. The summed E-state index contributed by atoms with van der Waals surface area (Å²) < 4.78 is 5.72. The molecule has 1 aliphatic rings. The van der Waals surface area contributed by atoms with Crippen molar-refractivity contribution in [2.75, 3.05) is 13.1 Å². The van der Waals surface area contributed by atoms with Gasteiger partial charge in [-0.15, -0.1) is 0 Å². The molecule has 3 N–H and O–H groups in total. The van der Waals surface area contributed by atoms with E-state index in [-0.39, 0.29) is 18.0 Å².